The van der Waals surface area contributed by atoms with E-state index in [0.29, 0.717) is 12.8 Å². The van der Waals surface area contributed by atoms with E-state index in [0.717, 1.165) is 79.2 Å². The second-order valence-electron chi connectivity index (χ2n) is 14.0. The Bertz CT molecular complexity index is 2360. The van der Waals surface area contributed by atoms with E-state index in [9.17, 15) is 20.2 Å². The molecule has 0 amide bonds. The summed E-state index contributed by atoms with van der Waals surface area (Å²) in [4.78, 5) is 34.2. The van der Waals surface area contributed by atoms with Crippen molar-refractivity contribution >= 4 is 57.7 Å². The summed E-state index contributed by atoms with van der Waals surface area (Å²) in [7, 11) is 3.29. The largest absolute Gasteiger partial charge is 0.497 e. The maximum absolute atomic E-state index is 11.3. The summed E-state index contributed by atoms with van der Waals surface area (Å²) >= 11 is 3.41. The number of aryl methyl sites for hydroxylation is 2. The first-order valence-electron chi connectivity index (χ1n) is 18.7. The summed E-state index contributed by atoms with van der Waals surface area (Å²) in [5, 5.41) is 22.7. The minimum Gasteiger partial charge on any atom is -0.497 e. The molecule has 2 unspecified atom stereocenters. The number of rotatable bonds is 11. The molecule has 6 aromatic carbocycles. The molecule has 10 nitrogen and oxygen atoms in total. The Labute approximate surface area is 344 Å². The smallest absolute Gasteiger partial charge is 0.269 e. The van der Waals surface area contributed by atoms with Gasteiger partial charge in [-0.1, -0.05) is 72.8 Å². The fourth-order valence-electron chi connectivity index (χ4n) is 7.12. The normalized spacial score (nSPS) is 16.1. The SMILES string of the molecule is COc1ccc2c(c1)N=C(c1ccc(CCc3ccc(C4=Nc5cc(OC)ccc5SC(c5ccc([N+](=O)[O-])cc5)C4)cc3)cc1)CC(c1ccc([N+](=O)[O-])cc1)S2. The molecule has 2 heterocycles. The van der Waals surface area contributed by atoms with Crippen LogP contribution < -0.4 is 9.47 Å². The number of nitro groups is 2. The van der Waals surface area contributed by atoms with Crippen molar-refractivity contribution in [1.82, 2.24) is 0 Å². The molecule has 2 aliphatic heterocycles. The zero-order valence-corrected chi connectivity index (χ0v) is 33.4. The predicted octanol–water partition coefficient (Wildman–Crippen LogP) is 12.0. The summed E-state index contributed by atoms with van der Waals surface area (Å²) in [6.45, 7) is 0. The Balaban J connectivity index is 0.986. The van der Waals surface area contributed by atoms with Crippen LogP contribution in [0.3, 0.4) is 0 Å². The van der Waals surface area contributed by atoms with Crippen LogP contribution in [0, 0.1) is 20.2 Å². The average Bonchev–Trinajstić information content (AvgIpc) is 3.58. The molecule has 0 radical (unpaired) electrons. The standard InChI is InChI=1S/C46H38N4O6S2/c1-55-37-21-23-43-41(25-37)47-39(27-45(57-43)33-13-17-35(18-14-33)49(51)52)31-9-5-29(6-10-31)3-4-30-7-11-32(12-8-30)40-28-46(34-15-19-36(20-16-34)50(53)54)58-44-24-22-38(56-2)26-42(44)48-40/h5-26,45-46H,3-4,27-28H2,1-2H3. The predicted molar refractivity (Wildman–Crippen MR) is 231 cm³/mol. The molecule has 0 saturated carbocycles. The monoisotopic (exact) mass is 806 g/mol. The number of thioether (sulfide) groups is 2. The maximum atomic E-state index is 11.3. The fourth-order valence-corrected chi connectivity index (χ4v) is 9.55. The average molecular weight is 807 g/mol. The molecule has 0 aliphatic carbocycles. The van der Waals surface area contributed by atoms with Crippen molar-refractivity contribution in [3.63, 3.8) is 0 Å². The van der Waals surface area contributed by atoms with E-state index in [1.807, 2.05) is 60.7 Å². The van der Waals surface area contributed by atoms with Gasteiger partial charge in [-0.25, -0.2) is 0 Å². The number of aliphatic imine (C=N–C) groups is 2. The highest BCUT2D eigenvalue weighted by Crippen LogP contribution is 2.48. The molecule has 12 heteroatoms. The molecule has 2 atom stereocenters. The molecule has 58 heavy (non-hydrogen) atoms. The van der Waals surface area contributed by atoms with E-state index in [4.69, 9.17) is 19.5 Å². The van der Waals surface area contributed by atoms with Crippen molar-refractivity contribution < 1.29 is 19.3 Å². The lowest BCUT2D eigenvalue weighted by Crippen LogP contribution is -2.06. The van der Waals surface area contributed by atoms with E-state index in [1.165, 1.54) is 11.1 Å². The Hall–Kier alpha value is -6.24. The molecule has 2 aliphatic rings. The van der Waals surface area contributed by atoms with Crippen LogP contribution in [-0.2, 0) is 12.8 Å². The van der Waals surface area contributed by atoms with Gasteiger partial charge in [0.2, 0.25) is 0 Å². The maximum Gasteiger partial charge on any atom is 0.269 e. The molecule has 0 aromatic heterocycles. The van der Waals surface area contributed by atoms with Gasteiger partial charge < -0.3 is 9.47 Å². The van der Waals surface area contributed by atoms with E-state index in [-0.39, 0.29) is 31.7 Å². The number of nitrogens with zero attached hydrogens (tertiary/aromatic N) is 4. The van der Waals surface area contributed by atoms with Gasteiger partial charge in [-0.05, 0) is 70.5 Å². The summed E-state index contributed by atoms with van der Waals surface area (Å²) < 4.78 is 11.0. The third-order valence-corrected chi connectivity index (χ3v) is 13.0. The third kappa shape index (κ3) is 8.68. The molecule has 290 valence electrons. The summed E-state index contributed by atoms with van der Waals surface area (Å²) in [6, 6.07) is 42.7. The molecule has 0 saturated heterocycles. The Morgan fingerprint density at radius 1 is 0.552 bits per heavy atom. The Morgan fingerprint density at radius 2 is 0.931 bits per heavy atom. The number of ether oxygens (including phenoxy) is 2. The Morgan fingerprint density at radius 3 is 1.28 bits per heavy atom. The van der Waals surface area contributed by atoms with Crippen LogP contribution in [0.1, 0.15) is 56.7 Å². The number of nitro benzene ring substituents is 2. The number of methoxy groups -OCH3 is 2. The second-order valence-corrected chi connectivity index (χ2v) is 16.5. The molecule has 0 fully saturated rings. The number of benzene rings is 6. The second kappa shape index (κ2) is 17.1. The molecule has 8 rings (SSSR count). The molecular weight excluding hydrogens is 769 g/mol. The zero-order valence-electron chi connectivity index (χ0n) is 31.7. The highest BCUT2D eigenvalue weighted by molar-refractivity contribution is 8.00. The molecule has 6 aromatic rings. The summed E-state index contributed by atoms with van der Waals surface area (Å²) in [6.07, 6.45) is 3.03. The zero-order chi connectivity index (χ0) is 40.2. The Kier molecular flexibility index (Phi) is 11.4. The highest BCUT2D eigenvalue weighted by atomic mass is 32.2. The molecular formula is C46H38N4O6S2. The highest BCUT2D eigenvalue weighted by Gasteiger charge is 2.25. The van der Waals surface area contributed by atoms with E-state index in [2.05, 4.69) is 48.5 Å². The van der Waals surface area contributed by atoms with Crippen LogP contribution in [0.2, 0.25) is 0 Å². The number of hydrogen-bond donors (Lipinski definition) is 0. The van der Waals surface area contributed by atoms with Crippen LogP contribution in [0.15, 0.2) is 153 Å². The van der Waals surface area contributed by atoms with Crippen molar-refractivity contribution in [3.8, 4) is 11.5 Å². The van der Waals surface area contributed by atoms with Gasteiger partial charge in [-0.2, -0.15) is 0 Å². The number of fused-ring (bicyclic) bond motifs is 2. The molecule has 0 bridgehead atoms. The van der Waals surface area contributed by atoms with Crippen molar-refractivity contribution in [2.75, 3.05) is 14.2 Å². The number of non-ortho nitro benzene ring substituents is 2. The topological polar surface area (TPSA) is 129 Å². The van der Waals surface area contributed by atoms with E-state index >= 15 is 0 Å². The fraction of sp³-hybridized carbons (Fsp3) is 0.174. The van der Waals surface area contributed by atoms with Gasteiger partial charge in [0.15, 0.2) is 0 Å². The van der Waals surface area contributed by atoms with Gasteiger partial charge in [0, 0.05) is 81.0 Å². The lowest BCUT2D eigenvalue weighted by Gasteiger charge is -2.16. The minimum atomic E-state index is -0.374. The van der Waals surface area contributed by atoms with Crippen molar-refractivity contribution in [3.05, 3.63) is 187 Å². The first kappa shape index (κ1) is 38.6. The van der Waals surface area contributed by atoms with Gasteiger partial charge >= 0.3 is 0 Å². The van der Waals surface area contributed by atoms with Crippen LogP contribution in [0.5, 0.6) is 11.5 Å². The third-order valence-electron chi connectivity index (χ3n) is 10.4. The summed E-state index contributed by atoms with van der Waals surface area (Å²) in [5.74, 6) is 1.47. The number of hydrogen-bond acceptors (Lipinski definition) is 10. The van der Waals surface area contributed by atoms with Crippen molar-refractivity contribution in [2.24, 2.45) is 9.98 Å². The first-order chi connectivity index (χ1) is 28.2. The van der Waals surface area contributed by atoms with E-state index < -0.39 is 0 Å². The van der Waals surface area contributed by atoms with Crippen LogP contribution >= 0.6 is 23.5 Å². The first-order valence-corrected chi connectivity index (χ1v) is 20.5. The van der Waals surface area contributed by atoms with E-state index in [1.54, 1.807) is 62.0 Å². The van der Waals surface area contributed by atoms with Crippen LogP contribution in [0.25, 0.3) is 0 Å². The molecule has 0 N–H and O–H groups in total. The summed E-state index contributed by atoms with van der Waals surface area (Å²) in [5.41, 5.74) is 10.2. The van der Waals surface area contributed by atoms with Gasteiger partial charge in [-0.3, -0.25) is 30.2 Å². The lowest BCUT2D eigenvalue weighted by atomic mass is 9.97. The lowest BCUT2D eigenvalue weighted by molar-refractivity contribution is -0.385. The van der Waals surface area contributed by atoms with Gasteiger partial charge in [0.25, 0.3) is 11.4 Å². The van der Waals surface area contributed by atoms with Gasteiger partial charge in [0.05, 0.1) is 35.4 Å². The van der Waals surface area contributed by atoms with Gasteiger partial charge in [0.1, 0.15) is 11.5 Å². The van der Waals surface area contributed by atoms with Crippen molar-refractivity contribution in [1.29, 1.82) is 0 Å². The molecule has 0 spiro atoms. The van der Waals surface area contributed by atoms with Crippen LogP contribution in [-0.4, -0.2) is 35.5 Å². The van der Waals surface area contributed by atoms with Gasteiger partial charge in [-0.15, -0.1) is 23.5 Å². The minimum absolute atomic E-state index is 0.0188. The van der Waals surface area contributed by atoms with Crippen molar-refractivity contribution in [2.45, 2.75) is 46.0 Å². The van der Waals surface area contributed by atoms with Crippen LogP contribution in [0.4, 0.5) is 22.7 Å². The quantitative estimate of drug-likeness (QED) is 0.0934.